The summed E-state index contributed by atoms with van der Waals surface area (Å²) < 4.78 is 2.08. The summed E-state index contributed by atoms with van der Waals surface area (Å²) in [5, 5.41) is 13.1. The molecule has 0 aliphatic heterocycles. The zero-order valence-corrected chi connectivity index (χ0v) is 14.3. The summed E-state index contributed by atoms with van der Waals surface area (Å²) in [5.74, 6) is -0.403. The molecule has 0 bridgehead atoms. The number of imidazole rings is 1. The number of oxime groups is 1. The first-order valence-corrected chi connectivity index (χ1v) is 8.64. The summed E-state index contributed by atoms with van der Waals surface area (Å²) >= 11 is 0. The van der Waals surface area contributed by atoms with Gasteiger partial charge >= 0.3 is 5.97 Å². The van der Waals surface area contributed by atoms with Gasteiger partial charge < -0.3 is 14.5 Å². The number of rotatable bonds is 7. The van der Waals surface area contributed by atoms with Crippen LogP contribution in [0, 0.1) is 5.92 Å². The van der Waals surface area contributed by atoms with Crippen molar-refractivity contribution in [2.24, 2.45) is 11.1 Å². The van der Waals surface area contributed by atoms with Crippen molar-refractivity contribution in [1.29, 1.82) is 0 Å². The number of carbonyl (C=O) groups is 1. The van der Waals surface area contributed by atoms with Crippen LogP contribution in [-0.2, 0) is 16.1 Å². The molecular weight excluding hydrogens is 318 g/mol. The van der Waals surface area contributed by atoms with Gasteiger partial charge in [-0.1, -0.05) is 36.3 Å². The third kappa shape index (κ3) is 4.07. The van der Waals surface area contributed by atoms with Crippen molar-refractivity contribution in [2.45, 2.75) is 38.6 Å². The Kier molecular flexibility index (Phi) is 5.48. The predicted molar refractivity (Wildman–Crippen MR) is 94.5 cm³/mol. The molecule has 0 fully saturated rings. The SMILES string of the molecule is CC1Cc2ccccc2C(=NOCCCCC(=O)O)C1n1ccnc1. The van der Waals surface area contributed by atoms with Crippen molar-refractivity contribution < 1.29 is 14.7 Å². The topological polar surface area (TPSA) is 76.7 Å². The molecule has 1 aliphatic carbocycles. The highest BCUT2D eigenvalue weighted by molar-refractivity contribution is 6.05. The zero-order valence-electron chi connectivity index (χ0n) is 14.3. The van der Waals surface area contributed by atoms with Crippen LogP contribution in [0.3, 0.4) is 0 Å². The summed E-state index contributed by atoms with van der Waals surface area (Å²) in [5.41, 5.74) is 3.30. The zero-order chi connectivity index (χ0) is 17.6. The number of unbranched alkanes of at least 4 members (excludes halogenated alkanes) is 1. The summed E-state index contributed by atoms with van der Waals surface area (Å²) in [6, 6.07) is 8.36. The van der Waals surface area contributed by atoms with Crippen LogP contribution < -0.4 is 0 Å². The van der Waals surface area contributed by atoms with E-state index in [1.165, 1.54) is 5.56 Å². The van der Waals surface area contributed by atoms with Crippen LogP contribution in [0.2, 0.25) is 0 Å². The minimum absolute atomic E-state index is 0.0800. The van der Waals surface area contributed by atoms with Crippen LogP contribution in [-0.4, -0.2) is 32.9 Å². The molecule has 1 N–H and O–H groups in total. The van der Waals surface area contributed by atoms with Gasteiger partial charge in [0.05, 0.1) is 12.4 Å². The summed E-state index contributed by atoms with van der Waals surface area (Å²) in [7, 11) is 0. The molecule has 1 heterocycles. The molecule has 1 aliphatic rings. The molecular formula is C19H23N3O3. The van der Waals surface area contributed by atoms with Crippen molar-refractivity contribution >= 4 is 11.7 Å². The number of benzene rings is 1. The molecule has 0 spiro atoms. The maximum absolute atomic E-state index is 10.6. The molecule has 1 aromatic heterocycles. The van der Waals surface area contributed by atoms with Crippen molar-refractivity contribution in [3.63, 3.8) is 0 Å². The fraction of sp³-hybridized carbons (Fsp3) is 0.421. The first-order valence-electron chi connectivity index (χ1n) is 8.64. The number of hydrogen-bond donors (Lipinski definition) is 1. The molecule has 2 aromatic rings. The lowest BCUT2D eigenvalue weighted by Gasteiger charge is -2.32. The number of nitrogens with zero attached hydrogens (tertiary/aromatic N) is 3. The maximum atomic E-state index is 10.6. The normalized spacial score (nSPS) is 21.1. The van der Waals surface area contributed by atoms with Crippen LogP contribution in [0.25, 0.3) is 0 Å². The molecule has 6 heteroatoms. The van der Waals surface area contributed by atoms with E-state index < -0.39 is 5.97 Å². The fourth-order valence-corrected chi connectivity index (χ4v) is 3.37. The highest BCUT2D eigenvalue weighted by Gasteiger charge is 2.32. The van der Waals surface area contributed by atoms with Crippen LogP contribution in [0.1, 0.15) is 43.4 Å². The quantitative estimate of drug-likeness (QED) is 0.619. The van der Waals surface area contributed by atoms with Crippen molar-refractivity contribution in [3.05, 3.63) is 54.1 Å². The minimum Gasteiger partial charge on any atom is -0.481 e. The second kappa shape index (κ2) is 7.96. The minimum atomic E-state index is -0.776. The lowest BCUT2D eigenvalue weighted by Crippen LogP contribution is -2.32. The van der Waals surface area contributed by atoms with Gasteiger partial charge in [-0.25, -0.2) is 4.98 Å². The lowest BCUT2D eigenvalue weighted by molar-refractivity contribution is -0.137. The number of hydrogen-bond acceptors (Lipinski definition) is 4. The summed E-state index contributed by atoms with van der Waals surface area (Å²) in [6.07, 6.45) is 7.97. The number of fused-ring (bicyclic) bond motifs is 1. The number of aromatic nitrogens is 2. The Morgan fingerprint density at radius 1 is 1.40 bits per heavy atom. The van der Waals surface area contributed by atoms with Gasteiger partial charge in [-0.05, 0) is 30.7 Å². The second-order valence-corrected chi connectivity index (χ2v) is 6.45. The molecule has 6 nitrogen and oxygen atoms in total. The molecule has 25 heavy (non-hydrogen) atoms. The predicted octanol–water partition coefficient (Wildman–Crippen LogP) is 3.29. The van der Waals surface area contributed by atoms with Crippen LogP contribution in [0.15, 0.2) is 48.1 Å². The average molecular weight is 341 g/mol. The number of carboxylic acids is 1. The van der Waals surface area contributed by atoms with Gasteiger partial charge in [0.2, 0.25) is 0 Å². The summed E-state index contributed by atoms with van der Waals surface area (Å²) in [4.78, 5) is 20.3. The van der Waals surface area contributed by atoms with Gasteiger partial charge in [0, 0.05) is 24.4 Å². The van der Waals surface area contributed by atoms with Crippen molar-refractivity contribution in [1.82, 2.24) is 9.55 Å². The van der Waals surface area contributed by atoms with E-state index in [-0.39, 0.29) is 12.5 Å². The molecule has 0 saturated carbocycles. The number of aliphatic carboxylic acids is 1. The van der Waals surface area contributed by atoms with Gasteiger partial charge in [-0.15, -0.1) is 0 Å². The Labute approximate surface area is 147 Å². The first kappa shape index (κ1) is 17.2. The van der Waals surface area contributed by atoms with E-state index in [1.54, 1.807) is 6.20 Å². The molecule has 0 saturated heterocycles. The first-order chi connectivity index (χ1) is 12.2. The van der Waals surface area contributed by atoms with Crippen LogP contribution in [0.4, 0.5) is 0 Å². The Morgan fingerprint density at radius 3 is 3.00 bits per heavy atom. The summed E-state index contributed by atoms with van der Waals surface area (Å²) in [6.45, 7) is 2.63. The molecule has 2 atom stereocenters. The highest BCUT2D eigenvalue weighted by Crippen LogP contribution is 2.34. The Balaban J connectivity index is 1.78. The lowest BCUT2D eigenvalue weighted by atomic mass is 9.79. The Bertz CT molecular complexity index is 740. The van der Waals surface area contributed by atoms with E-state index >= 15 is 0 Å². The molecule has 132 valence electrons. The molecule has 3 rings (SSSR count). The highest BCUT2D eigenvalue weighted by atomic mass is 16.6. The Hall–Kier alpha value is -2.63. The van der Waals surface area contributed by atoms with Crippen LogP contribution >= 0.6 is 0 Å². The van der Waals surface area contributed by atoms with E-state index in [0.29, 0.717) is 25.4 Å². The third-order valence-corrected chi connectivity index (χ3v) is 4.54. The molecule has 1 aromatic carbocycles. The van der Waals surface area contributed by atoms with E-state index in [2.05, 4.69) is 33.8 Å². The second-order valence-electron chi connectivity index (χ2n) is 6.45. The van der Waals surface area contributed by atoms with Crippen molar-refractivity contribution in [3.8, 4) is 0 Å². The maximum Gasteiger partial charge on any atom is 0.303 e. The van der Waals surface area contributed by atoms with Gasteiger partial charge in [-0.2, -0.15) is 0 Å². The van der Waals surface area contributed by atoms with E-state index in [0.717, 1.165) is 17.7 Å². The van der Waals surface area contributed by atoms with Crippen LogP contribution in [0.5, 0.6) is 0 Å². The molecule has 2 unspecified atom stereocenters. The van der Waals surface area contributed by atoms with E-state index in [1.807, 2.05) is 24.7 Å². The average Bonchev–Trinajstić information content (AvgIpc) is 3.11. The van der Waals surface area contributed by atoms with Gasteiger partial charge in [0.15, 0.2) is 0 Å². The smallest absolute Gasteiger partial charge is 0.303 e. The van der Waals surface area contributed by atoms with E-state index in [9.17, 15) is 4.79 Å². The monoisotopic (exact) mass is 341 g/mol. The standard InChI is InChI=1S/C19H23N3O3/c1-14-12-15-6-2-3-7-16(15)18(19(14)22-10-9-20-13-22)21-25-11-5-4-8-17(23)24/h2-3,6-7,9-10,13-14,19H,4-5,8,11-12H2,1H3,(H,23,24). The van der Waals surface area contributed by atoms with Gasteiger partial charge in [0.25, 0.3) is 0 Å². The molecule has 0 radical (unpaired) electrons. The van der Waals surface area contributed by atoms with Gasteiger partial charge in [0.1, 0.15) is 12.3 Å². The third-order valence-electron chi connectivity index (χ3n) is 4.54. The largest absolute Gasteiger partial charge is 0.481 e. The number of carboxylic acid groups (broad SMARTS) is 1. The van der Waals surface area contributed by atoms with Crippen molar-refractivity contribution in [2.75, 3.05) is 6.61 Å². The Morgan fingerprint density at radius 2 is 2.24 bits per heavy atom. The fourth-order valence-electron chi connectivity index (χ4n) is 3.37. The molecule has 0 amide bonds. The van der Waals surface area contributed by atoms with Gasteiger partial charge in [-0.3, -0.25) is 4.79 Å². The van der Waals surface area contributed by atoms with E-state index in [4.69, 9.17) is 9.94 Å².